The quantitative estimate of drug-likeness (QED) is 0.402. The molecule has 1 N–H and O–H groups in total. The topological polar surface area (TPSA) is 103 Å². The van der Waals surface area contributed by atoms with Gasteiger partial charge >= 0.3 is 0 Å². The van der Waals surface area contributed by atoms with Crippen molar-refractivity contribution in [1.29, 1.82) is 0 Å². The van der Waals surface area contributed by atoms with Crippen LogP contribution in [0.5, 0.6) is 11.5 Å². The molecule has 0 spiro atoms. The molecule has 3 rings (SSSR count). The lowest BCUT2D eigenvalue weighted by Crippen LogP contribution is -2.22. The average molecular weight is 415 g/mol. The van der Waals surface area contributed by atoms with Crippen LogP contribution in [-0.2, 0) is 10.5 Å². The van der Waals surface area contributed by atoms with Crippen molar-refractivity contribution in [2.24, 2.45) is 5.10 Å². The molecule has 0 aromatic heterocycles. The molecule has 0 saturated carbocycles. The highest BCUT2D eigenvalue weighted by atomic mass is 32.2. The summed E-state index contributed by atoms with van der Waals surface area (Å²) in [5.74, 6) is 2.00. The number of nitrogens with zero attached hydrogens (tertiary/aromatic N) is 2. The van der Waals surface area contributed by atoms with E-state index in [9.17, 15) is 14.9 Å². The maximum atomic E-state index is 12.1. The maximum Gasteiger partial charge on any atom is 0.269 e. The maximum absolute atomic E-state index is 12.1. The van der Waals surface area contributed by atoms with Crippen molar-refractivity contribution in [3.63, 3.8) is 0 Å². The zero-order valence-corrected chi connectivity index (χ0v) is 16.7. The first kappa shape index (κ1) is 20.7. The van der Waals surface area contributed by atoms with Crippen LogP contribution in [0.25, 0.3) is 0 Å². The Morgan fingerprint density at radius 2 is 1.90 bits per heavy atom. The fourth-order valence-corrected chi connectivity index (χ4v) is 3.49. The van der Waals surface area contributed by atoms with Gasteiger partial charge in [-0.1, -0.05) is 19.1 Å². The molecule has 1 amide bonds. The van der Waals surface area contributed by atoms with E-state index in [1.807, 2.05) is 25.1 Å². The summed E-state index contributed by atoms with van der Waals surface area (Å²) >= 11 is 1.41. The molecule has 0 saturated heterocycles. The molecule has 1 aliphatic heterocycles. The van der Waals surface area contributed by atoms with E-state index in [4.69, 9.17) is 9.47 Å². The Balaban J connectivity index is 1.51. The van der Waals surface area contributed by atoms with Crippen LogP contribution < -0.4 is 14.9 Å². The van der Waals surface area contributed by atoms with E-state index in [1.165, 1.54) is 23.9 Å². The van der Waals surface area contributed by atoms with Gasteiger partial charge in [0.25, 0.3) is 5.69 Å². The van der Waals surface area contributed by atoms with Crippen molar-refractivity contribution in [3.05, 3.63) is 63.7 Å². The van der Waals surface area contributed by atoms with Crippen LogP contribution in [-0.4, -0.2) is 35.5 Å². The largest absolute Gasteiger partial charge is 0.486 e. The second kappa shape index (κ2) is 9.92. The smallest absolute Gasteiger partial charge is 0.269 e. The minimum atomic E-state index is -0.435. The molecular formula is C20H21N3O5S. The summed E-state index contributed by atoms with van der Waals surface area (Å²) < 4.78 is 11.1. The fourth-order valence-electron chi connectivity index (χ4n) is 2.71. The van der Waals surface area contributed by atoms with E-state index >= 15 is 0 Å². The van der Waals surface area contributed by atoms with Gasteiger partial charge in [-0.2, -0.15) is 5.10 Å². The first-order valence-electron chi connectivity index (χ1n) is 9.13. The Morgan fingerprint density at radius 1 is 1.17 bits per heavy atom. The number of ether oxygens (including phenoxy) is 2. The highest BCUT2D eigenvalue weighted by molar-refractivity contribution is 7.99. The first-order chi connectivity index (χ1) is 14.1. The molecule has 0 atom stereocenters. The summed E-state index contributed by atoms with van der Waals surface area (Å²) in [6, 6.07) is 11.9. The average Bonchev–Trinajstić information content (AvgIpc) is 2.74. The van der Waals surface area contributed by atoms with Gasteiger partial charge in [0.2, 0.25) is 5.91 Å². The molecule has 1 heterocycles. The Kier molecular flexibility index (Phi) is 7.07. The van der Waals surface area contributed by atoms with Crippen LogP contribution in [0.3, 0.4) is 0 Å². The van der Waals surface area contributed by atoms with Crippen molar-refractivity contribution < 1.29 is 19.2 Å². The molecule has 0 unspecified atom stereocenters. The lowest BCUT2D eigenvalue weighted by Gasteiger charge is -2.19. The minimum Gasteiger partial charge on any atom is -0.486 e. The zero-order chi connectivity index (χ0) is 20.6. The van der Waals surface area contributed by atoms with Crippen LogP contribution in [0.15, 0.2) is 47.6 Å². The predicted molar refractivity (Wildman–Crippen MR) is 112 cm³/mol. The number of nitro benzene ring substituents is 1. The number of hydrogen-bond acceptors (Lipinski definition) is 7. The van der Waals surface area contributed by atoms with E-state index in [-0.39, 0.29) is 17.3 Å². The first-order valence-corrected chi connectivity index (χ1v) is 10.3. The van der Waals surface area contributed by atoms with Gasteiger partial charge < -0.3 is 9.47 Å². The third-order valence-corrected chi connectivity index (χ3v) is 5.18. The monoisotopic (exact) mass is 415 g/mol. The molecule has 29 heavy (non-hydrogen) atoms. The SMILES string of the molecule is CC/C(=N/NC(=O)CSCc1ccc([N+](=O)[O-])cc1)c1ccc2c(c1)OCCO2. The Labute approximate surface area is 172 Å². The van der Waals surface area contributed by atoms with Gasteiger partial charge in [0.15, 0.2) is 11.5 Å². The lowest BCUT2D eigenvalue weighted by molar-refractivity contribution is -0.384. The van der Waals surface area contributed by atoms with Crippen LogP contribution in [0.1, 0.15) is 24.5 Å². The number of thioether (sulfide) groups is 1. The van der Waals surface area contributed by atoms with Crippen molar-refractivity contribution in [3.8, 4) is 11.5 Å². The number of hydrazone groups is 1. The molecule has 2 aromatic carbocycles. The predicted octanol–water partition coefficient (Wildman–Crippen LogP) is 3.53. The Bertz CT molecular complexity index is 915. The van der Waals surface area contributed by atoms with Crippen LogP contribution in [0, 0.1) is 10.1 Å². The highest BCUT2D eigenvalue weighted by Crippen LogP contribution is 2.31. The van der Waals surface area contributed by atoms with E-state index in [2.05, 4.69) is 10.5 Å². The van der Waals surface area contributed by atoms with Gasteiger partial charge in [0.1, 0.15) is 13.2 Å². The van der Waals surface area contributed by atoms with Gasteiger partial charge in [0.05, 0.1) is 16.4 Å². The molecular weight excluding hydrogens is 394 g/mol. The summed E-state index contributed by atoms with van der Waals surface area (Å²) in [6.45, 7) is 3.01. The van der Waals surface area contributed by atoms with Gasteiger partial charge in [-0.3, -0.25) is 14.9 Å². The zero-order valence-electron chi connectivity index (χ0n) is 15.9. The molecule has 9 heteroatoms. The van der Waals surface area contributed by atoms with Crippen molar-refractivity contribution in [1.82, 2.24) is 5.43 Å². The summed E-state index contributed by atoms with van der Waals surface area (Å²) in [5.41, 5.74) is 5.18. The van der Waals surface area contributed by atoms with E-state index in [1.54, 1.807) is 12.1 Å². The summed E-state index contributed by atoms with van der Waals surface area (Å²) in [5, 5.41) is 14.9. The second-order valence-electron chi connectivity index (χ2n) is 6.22. The van der Waals surface area contributed by atoms with Crippen LogP contribution in [0.2, 0.25) is 0 Å². The van der Waals surface area contributed by atoms with Gasteiger partial charge in [-0.05, 0) is 30.2 Å². The number of nitrogens with one attached hydrogen (secondary N) is 1. The van der Waals surface area contributed by atoms with E-state index in [0.29, 0.717) is 36.9 Å². The number of carbonyl (C=O) groups is 1. The molecule has 152 valence electrons. The number of non-ortho nitro benzene ring substituents is 1. The number of amides is 1. The lowest BCUT2D eigenvalue weighted by atomic mass is 10.1. The third kappa shape index (κ3) is 5.71. The molecule has 0 fully saturated rings. The fraction of sp³-hybridized carbons (Fsp3) is 0.300. The van der Waals surface area contributed by atoms with E-state index in [0.717, 1.165) is 16.8 Å². The summed E-state index contributed by atoms with van der Waals surface area (Å²) in [7, 11) is 0. The van der Waals surface area contributed by atoms with E-state index < -0.39 is 4.92 Å². The van der Waals surface area contributed by atoms with Crippen LogP contribution >= 0.6 is 11.8 Å². The third-order valence-electron chi connectivity index (χ3n) is 4.17. The molecule has 0 aliphatic carbocycles. The number of rotatable bonds is 8. The van der Waals surface area contributed by atoms with Crippen molar-refractivity contribution in [2.75, 3.05) is 19.0 Å². The Hall–Kier alpha value is -3.07. The number of hydrogen-bond donors (Lipinski definition) is 1. The number of fused-ring (bicyclic) bond motifs is 1. The van der Waals surface area contributed by atoms with Gasteiger partial charge in [-0.25, -0.2) is 5.43 Å². The Morgan fingerprint density at radius 3 is 2.59 bits per heavy atom. The molecule has 2 aromatic rings. The number of carbonyl (C=O) groups excluding carboxylic acids is 1. The molecule has 8 nitrogen and oxygen atoms in total. The number of nitro groups is 1. The summed E-state index contributed by atoms with van der Waals surface area (Å²) in [4.78, 5) is 22.3. The second-order valence-corrected chi connectivity index (χ2v) is 7.21. The molecule has 1 aliphatic rings. The standard InChI is InChI=1S/C20H21N3O5S/c1-2-17(15-5-8-18-19(11-15)28-10-9-27-18)21-22-20(24)13-29-12-14-3-6-16(7-4-14)23(25)26/h3-8,11H,2,9-10,12-13H2,1H3,(H,22,24)/b21-17-. The van der Waals surface area contributed by atoms with Crippen LogP contribution in [0.4, 0.5) is 5.69 Å². The number of benzene rings is 2. The molecule has 0 radical (unpaired) electrons. The van der Waals surface area contributed by atoms with Gasteiger partial charge in [0, 0.05) is 23.4 Å². The van der Waals surface area contributed by atoms with Crippen molar-refractivity contribution >= 4 is 29.1 Å². The normalized spacial score (nSPS) is 13.1. The summed E-state index contributed by atoms with van der Waals surface area (Å²) in [6.07, 6.45) is 0.649. The minimum absolute atomic E-state index is 0.0528. The van der Waals surface area contributed by atoms with Gasteiger partial charge in [-0.15, -0.1) is 11.8 Å². The highest BCUT2D eigenvalue weighted by Gasteiger charge is 2.14. The van der Waals surface area contributed by atoms with Crippen molar-refractivity contribution in [2.45, 2.75) is 19.1 Å². The molecule has 0 bridgehead atoms.